The molecule has 6 heteroatoms. The lowest BCUT2D eigenvalue weighted by Gasteiger charge is -2.31. The van der Waals surface area contributed by atoms with Crippen molar-refractivity contribution in [1.82, 2.24) is 20.0 Å². The number of nitrogens with one attached hydrogen (secondary N) is 1. The van der Waals surface area contributed by atoms with Crippen LogP contribution in [0.15, 0.2) is 42.7 Å². The number of carbonyl (C=O) groups is 1. The minimum absolute atomic E-state index is 0.197. The van der Waals surface area contributed by atoms with Crippen molar-refractivity contribution in [3.8, 4) is 5.69 Å². The van der Waals surface area contributed by atoms with Crippen LogP contribution in [-0.4, -0.2) is 58.0 Å². The number of β-amino-alcohol motifs (C(OH)–C–C–N with tert-alkyl or cyclic N) is 1. The van der Waals surface area contributed by atoms with Gasteiger partial charge >= 0.3 is 0 Å². The molecule has 1 amide bonds. The van der Waals surface area contributed by atoms with E-state index in [2.05, 4.69) is 22.2 Å². The van der Waals surface area contributed by atoms with Crippen molar-refractivity contribution in [3.63, 3.8) is 0 Å². The molecule has 1 fully saturated rings. The first-order valence-electron chi connectivity index (χ1n) is 8.91. The average Bonchev–Trinajstić information content (AvgIpc) is 3.16. The van der Waals surface area contributed by atoms with Crippen molar-refractivity contribution < 1.29 is 9.90 Å². The summed E-state index contributed by atoms with van der Waals surface area (Å²) in [6, 6.07) is 9.14. The molecule has 3 rings (SSSR count). The minimum Gasteiger partial charge on any atom is -0.390 e. The lowest BCUT2D eigenvalue weighted by atomic mass is 9.99. The summed E-state index contributed by atoms with van der Waals surface area (Å²) >= 11 is 0. The Morgan fingerprint density at radius 1 is 1.32 bits per heavy atom. The summed E-state index contributed by atoms with van der Waals surface area (Å²) in [7, 11) is 0. The highest BCUT2D eigenvalue weighted by molar-refractivity contribution is 5.97. The van der Waals surface area contributed by atoms with Crippen molar-refractivity contribution in [1.29, 1.82) is 0 Å². The molecule has 1 unspecified atom stereocenters. The molecule has 0 saturated carbocycles. The second kappa shape index (κ2) is 8.27. The van der Waals surface area contributed by atoms with E-state index >= 15 is 0 Å². The molecular weight excluding hydrogens is 316 g/mol. The molecule has 1 aliphatic heterocycles. The Hall–Kier alpha value is -2.18. The first-order valence-corrected chi connectivity index (χ1v) is 8.91. The van der Waals surface area contributed by atoms with E-state index in [1.165, 1.54) is 12.8 Å². The predicted octanol–water partition coefficient (Wildman–Crippen LogP) is 1.69. The number of para-hydroxylation sites is 1. The van der Waals surface area contributed by atoms with Gasteiger partial charge in [-0.15, -0.1) is 0 Å². The standard InChI is InChI=1S/C19H26N4O2/c1-15-7-11-22(12-8-15)14-16(24)13-20-19(25)17-5-2-3-6-18(17)23-10-4-9-21-23/h2-6,9-10,15-16,24H,7-8,11-14H2,1H3,(H,20,25). The highest BCUT2D eigenvalue weighted by Crippen LogP contribution is 2.16. The number of rotatable bonds is 6. The molecule has 25 heavy (non-hydrogen) atoms. The van der Waals surface area contributed by atoms with Crippen molar-refractivity contribution in [2.24, 2.45) is 5.92 Å². The molecule has 2 aromatic rings. The highest BCUT2D eigenvalue weighted by atomic mass is 16.3. The quantitative estimate of drug-likeness (QED) is 0.838. The fourth-order valence-corrected chi connectivity index (χ4v) is 3.19. The van der Waals surface area contributed by atoms with Crippen LogP contribution in [0.25, 0.3) is 5.69 Å². The third-order valence-electron chi connectivity index (χ3n) is 4.74. The molecule has 134 valence electrons. The molecule has 1 aromatic heterocycles. The maximum Gasteiger partial charge on any atom is 0.253 e. The van der Waals surface area contributed by atoms with Crippen LogP contribution in [0.5, 0.6) is 0 Å². The fourth-order valence-electron chi connectivity index (χ4n) is 3.19. The maximum absolute atomic E-state index is 12.5. The van der Waals surface area contributed by atoms with E-state index in [-0.39, 0.29) is 12.5 Å². The van der Waals surface area contributed by atoms with Crippen molar-refractivity contribution >= 4 is 5.91 Å². The summed E-state index contributed by atoms with van der Waals surface area (Å²) in [5.41, 5.74) is 1.27. The number of hydrogen-bond acceptors (Lipinski definition) is 4. The van der Waals surface area contributed by atoms with Gasteiger partial charge in [-0.05, 0) is 50.0 Å². The monoisotopic (exact) mass is 342 g/mol. The van der Waals surface area contributed by atoms with Gasteiger partial charge in [0.25, 0.3) is 5.91 Å². The van der Waals surface area contributed by atoms with E-state index in [0.717, 1.165) is 24.7 Å². The van der Waals surface area contributed by atoms with Crippen molar-refractivity contribution in [2.45, 2.75) is 25.9 Å². The summed E-state index contributed by atoms with van der Waals surface area (Å²) < 4.78 is 1.67. The number of benzene rings is 1. The third kappa shape index (κ3) is 4.67. The van der Waals surface area contributed by atoms with Gasteiger partial charge in [-0.3, -0.25) is 4.79 Å². The molecule has 1 aromatic carbocycles. The smallest absolute Gasteiger partial charge is 0.253 e. The van der Waals surface area contributed by atoms with Crippen LogP contribution in [0.3, 0.4) is 0 Å². The summed E-state index contributed by atoms with van der Waals surface area (Å²) in [5, 5.41) is 17.3. The van der Waals surface area contributed by atoms with Crippen LogP contribution >= 0.6 is 0 Å². The molecule has 0 bridgehead atoms. The van der Waals surface area contributed by atoms with Gasteiger partial charge in [0.2, 0.25) is 0 Å². The Labute approximate surface area is 148 Å². The number of likely N-dealkylation sites (tertiary alicyclic amines) is 1. The number of amides is 1. The summed E-state index contributed by atoms with van der Waals surface area (Å²) in [6.45, 7) is 5.17. The second-order valence-corrected chi connectivity index (χ2v) is 6.81. The SMILES string of the molecule is CC1CCN(CC(O)CNC(=O)c2ccccc2-n2cccn2)CC1. The van der Waals surface area contributed by atoms with E-state index in [9.17, 15) is 9.90 Å². The Morgan fingerprint density at radius 2 is 2.08 bits per heavy atom. The number of nitrogens with zero attached hydrogens (tertiary/aromatic N) is 3. The van der Waals surface area contributed by atoms with E-state index in [1.54, 1.807) is 23.1 Å². The van der Waals surface area contributed by atoms with Crippen LogP contribution in [0.4, 0.5) is 0 Å². The summed E-state index contributed by atoms with van der Waals surface area (Å²) in [4.78, 5) is 14.8. The molecule has 1 aliphatic rings. The molecule has 1 saturated heterocycles. The van der Waals surface area contributed by atoms with Gasteiger partial charge in [-0.25, -0.2) is 4.68 Å². The van der Waals surface area contributed by atoms with E-state index in [4.69, 9.17) is 0 Å². The topological polar surface area (TPSA) is 70.4 Å². The van der Waals surface area contributed by atoms with Gasteiger partial charge in [-0.1, -0.05) is 19.1 Å². The Bertz CT molecular complexity index is 678. The van der Waals surface area contributed by atoms with Gasteiger partial charge < -0.3 is 15.3 Å². The fraction of sp³-hybridized carbons (Fsp3) is 0.474. The summed E-state index contributed by atoms with van der Waals surface area (Å²) in [6.07, 6.45) is 5.28. The Balaban J connectivity index is 1.54. The lowest BCUT2D eigenvalue weighted by Crippen LogP contribution is -2.43. The molecule has 0 aliphatic carbocycles. The van der Waals surface area contributed by atoms with Crippen LogP contribution < -0.4 is 5.32 Å². The molecule has 2 N–H and O–H groups in total. The molecular formula is C19H26N4O2. The molecule has 2 heterocycles. The minimum atomic E-state index is -0.561. The Kier molecular flexibility index (Phi) is 5.83. The number of aliphatic hydroxyl groups excluding tert-OH is 1. The lowest BCUT2D eigenvalue weighted by molar-refractivity contribution is 0.0795. The first-order chi connectivity index (χ1) is 12.1. The van der Waals surface area contributed by atoms with Crippen LogP contribution in [0.1, 0.15) is 30.1 Å². The van der Waals surface area contributed by atoms with E-state index < -0.39 is 6.10 Å². The zero-order valence-electron chi connectivity index (χ0n) is 14.6. The Morgan fingerprint density at radius 3 is 2.80 bits per heavy atom. The van der Waals surface area contributed by atoms with Gasteiger partial charge in [0.05, 0.1) is 17.4 Å². The largest absolute Gasteiger partial charge is 0.390 e. The van der Waals surface area contributed by atoms with Gasteiger partial charge in [0.1, 0.15) is 0 Å². The molecule has 0 radical (unpaired) electrons. The zero-order chi connectivity index (χ0) is 17.6. The normalized spacial score (nSPS) is 17.4. The average molecular weight is 342 g/mol. The number of hydrogen-bond donors (Lipinski definition) is 2. The number of carbonyl (C=O) groups excluding carboxylic acids is 1. The van der Waals surface area contributed by atoms with Gasteiger partial charge in [0, 0.05) is 25.5 Å². The first kappa shape index (κ1) is 17.6. The third-order valence-corrected chi connectivity index (χ3v) is 4.74. The number of piperidine rings is 1. The molecule has 6 nitrogen and oxygen atoms in total. The molecule has 0 spiro atoms. The van der Waals surface area contributed by atoms with Gasteiger partial charge in [-0.2, -0.15) is 5.10 Å². The number of aromatic nitrogens is 2. The van der Waals surface area contributed by atoms with Crippen LogP contribution in [0, 0.1) is 5.92 Å². The van der Waals surface area contributed by atoms with E-state index in [0.29, 0.717) is 12.1 Å². The second-order valence-electron chi connectivity index (χ2n) is 6.81. The predicted molar refractivity (Wildman–Crippen MR) is 96.7 cm³/mol. The molecule has 1 atom stereocenters. The van der Waals surface area contributed by atoms with Gasteiger partial charge in [0.15, 0.2) is 0 Å². The highest BCUT2D eigenvalue weighted by Gasteiger charge is 2.19. The summed E-state index contributed by atoms with van der Waals surface area (Å²) in [5.74, 6) is 0.573. The van der Waals surface area contributed by atoms with Crippen molar-refractivity contribution in [3.05, 3.63) is 48.3 Å². The van der Waals surface area contributed by atoms with E-state index in [1.807, 2.05) is 24.3 Å². The zero-order valence-corrected chi connectivity index (χ0v) is 14.6. The maximum atomic E-state index is 12.5. The number of aliphatic hydroxyl groups is 1. The van der Waals surface area contributed by atoms with Crippen LogP contribution in [-0.2, 0) is 0 Å². The van der Waals surface area contributed by atoms with Crippen LogP contribution in [0.2, 0.25) is 0 Å². The van der Waals surface area contributed by atoms with Crippen molar-refractivity contribution in [2.75, 3.05) is 26.2 Å².